The van der Waals surface area contributed by atoms with Crippen LogP contribution >= 0.6 is 0 Å². The molecular weight excluding hydrogens is 791 g/mol. The van der Waals surface area contributed by atoms with Crippen LogP contribution in [0.1, 0.15) is 253 Å². The predicted octanol–water partition coefficient (Wildman–Crippen LogP) is 15.9. The van der Waals surface area contributed by atoms with Crippen molar-refractivity contribution in [3.8, 4) is 0 Å². The predicted molar refractivity (Wildman–Crippen MR) is 294 cm³/mol. The van der Waals surface area contributed by atoms with E-state index in [0.717, 1.165) is 17.8 Å². The van der Waals surface area contributed by atoms with E-state index in [4.69, 9.17) is 0 Å². The van der Waals surface area contributed by atoms with Crippen LogP contribution in [-0.2, 0) is 0 Å². The molecule has 2 N–H and O–H groups in total. The van der Waals surface area contributed by atoms with Crippen LogP contribution in [0, 0.1) is 55.7 Å². The molecule has 5 fully saturated rings. The monoisotopic (exact) mass is 916 g/mol. The Kier molecular flexibility index (Phi) is 22.1. The molecule has 390 valence electrons. The zero-order valence-electron chi connectivity index (χ0n) is 50.6. The molecule has 5 aliphatic rings. The lowest BCUT2D eigenvalue weighted by molar-refractivity contribution is 0.148. The van der Waals surface area contributed by atoms with Gasteiger partial charge in [0.1, 0.15) is 0 Å². The summed E-state index contributed by atoms with van der Waals surface area (Å²) in [7, 11) is 0. The van der Waals surface area contributed by atoms with Gasteiger partial charge in [0, 0.05) is 60.4 Å². The van der Waals surface area contributed by atoms with Gasteiger partial charge in [0.25, 0.3) is 0 Å². The van der Waals surface area contributed by atoms with Gasteiger partial charge in [-0.2, -0.15) is 0 Å². The van der Waals surface area contributed by atoms with E-state index >= 15 is 0 Å². The van der Waals surface area contributed by atoms with E-state index in [1.54, 1.807) is 0 Å². The smallest absolute Gasteiger partial charge is 0.0125 e. The van der Waals surface area contributed by atoms with Gasteiger partial charge in [-0.05, 0) is 183 Å². The highest BCUT2D eigenvalue weighted by Gasteiger charge is 2.40. The summed E-state index contributed by atoms with van der Waals surface area (Å²) in [5, 5.41) is 7.54. The molecule has 7 atom stereocenters. The zero-order valence-corrected chi connectivity index (χ0v) is 50.6. The van der Waals surface area contributed by atoms with E-state index in [1.165, 1.54) is 84.2 Å². The highest BCUT2D eigenvalue weighted by Crippen LogP contribution is 2.39. The summed E-state index contributed by atoms with van der Waals surface area (Å²) in [6.07, 6.45) is 9.48. The SMILES string of the molecule is CC(C)(C)C1CCC(C(C)(C)C)N1.CC(C)(C)C1CCC(C(C)(C)C)N1.CC(C)(C)C1CCN(C(C)(C)C)C1.CC(C)(C)C1CCN(C(C)(C)C)C1.CC(C)(C)C1CCN(C(C)(C)C)C1. The van der Waals surface area contributed by atoms with Crippen LogP contribution in [0.25, 0.3) is 0 Å². The molecule has 5 nitrogen and oxygen atoms in total. The van der Waals surface area contributed by atoms with Crippen molar-refractivity contribution in [1.29, 1.82) is 0 Å². The van der Waals surface area contributed by atoms with Crippen LogP contribution in [0.5, 0.6) is 0 Å². The minimum Gasteiger partial charge on any atom is -0.310 e. The molecule has 0 aliphatic carbocycles. The largest absolute Gasteiger partial charge is 0.310 e. The number of nitrogens with one attached hydrogen (secondary N) is 2. The van der Waals surface area contributed by atoms with Gasteiger partial charge in [0.05, 0.1) is 0 Å². The highest BCUT2D eigenvalue weighted by molar-refractivity contribution is 4.97. The first-order chi connectivity index (χ1) is 28.6. The van der Waals surface area contributed by atoms with Crippen LogP contribution < -0.4 is 10.6 Å². The molecule has 5 saturated heterocycles. The summed E-state index contributed by atoms with van der Waals surface area (Å²) >= 11 is 0. The van der Waals surface area contributed by atoms with Crippen molar-refractivity contribution >= 4 is 0 Å². The van der Waals surface area contributed by atoms with E-state index in [1.807, 2.05) is 0 Å². The summed E-state index contributed by atoms with van der Waals surface area (Å²) in [5.74, 6) is 2.64. The third-order valence-corrected chi connectivity index (χ3v) is 16.6. The second-order valence-electron chi connectivity index (χ2n) is 32.6. The molecule has 5 aliphatic heterocycles. The molecule has 5 rings (SSSR count). The van der Waals surface area contributed by atoms with Crippen LogP contribution in [0.2, 0.25) is 0 Å². The number of likely N-dealkylation sites (tertiary alicyclic amines) is 3. The third kappa shape index (κ3) is 22.2. The molecule has 0 radical (unpaired) electrons. The second-order valence-corrected chi connectivity index (χ2v) is 32.6. The lowest BCUT2D eigenvalue weighted by Crippen LogP contribution is -2.43. The van der Waals surface area contributed by atoms with Gasteiger partial charge in [-0.25, -0.2) is 0 Å². The van der Waals surface area contributed by atoms with E-state index in [0.29, 0.717) is 78.7 Å². The molecule has 65 heavy (non-hydrogen) atoms. The first-order valence-corrected chi connectivity index (χ1v) is 27.3. The lowest BCUT2D eigenvalue weighted by atomic mass is 9.80. The van der Waals surface area contributed by atoms with Gasteiger partial charge in [-0.1, -0.05) is 145 Å². The quantitative estimate of drug-likeness (QED) is 0.253. The van der Waals surface area contributed by atoms with Crippen molar-refractivity contribution in [2.24, 2.45) is 55.7 Å². The molecule has 0 aromatic carbocycles. The normalized spacial score (nSPS) is 28.4. The average Bonchev–Trinajstić information content (AvgIpc) is 3.92. The fourth-order valence-corrected chi connectivity index (χ4v) is 10.4. The van der Waals surface area contributed by atoms with Crippen LogP contribution in [0.3, 0.4) is 0 Å². The van der Waals surface area contributed by atoms with Gasteiger partial charge in [0.15, 0.2) is 0 Å². The Morgan fingerprint density at radius 1 is 0.246 bits per heavy atom. The Bertz CT molecular complexity index is 997. The van der Waals surface area contributed by atoms with Crippen molar-refractivity contribution < 1.29 is 0 Å². The van der Waals surface area contributed by atoms with Crippen molar-refractivity contribution in [2.75, 3.05) is 39.3 Å². The van der Waals surface area contributed by atoms with E-state index in [2.05, 4.69) is 233 Å². The molecule has 0 bridgehead atoms. The Morgan fingerprint density at radius 2 is 0.415 bits per heavy atom. The number of rotatable bonds is 0. The van der Waals surface area contributed by atoms with Gasteiger partial charge >= 0.3 is 0 Å². The summed E-state index contributed by atoms with van der Waals surface area (Å²) in [6.45, 7) is 77.8. The van der Waals surface area contributed by atoms with Gasteiger partial charge in [-0.15, -0.1) is 0 Å². The topological polar surface area (TPSA) is 33.8 Å². The second kappa shape index (κ2) is 22.9. The molecule has 0 saturated carbocycles. The minimum atomic E-state index is 0.361. The molecule has 5 heteroatoms. The van der Waals surface area contributed by atoms with Crippen molar-refractivity contribution in [3.05, 3.63) is 0 Å². The van der Waals surface area contributed by atoms with Gasteiger partial charge in [-0.3, -0.25) is 14.7 Å². The number of hydrogen-bond acceptors (Lipinski definition) is 5. The van der Waals surface area contributed by atoms with Crippen LogP contribution in [-0.4, -0.2) is 94.8 Å². The number of hydrogen-bond donors (Lipinski definition) is 2. The first kappa shape index (κ1) is 62.8. The summed E-state index contributed by atoms with van der Waals surface area (Å²) in [4.78, 5) is 7.84. The van der Waals surface area contributed by atoms with Crippen molar-refractivity contribution in [3.63, 3.8) is 0 Å². The molecule has 0 spiro atoms. The maximum Gasteiger partial charge on any atom is 0.0125 e. The Hall–Kier alpha value is -0.200. The van der Waals surface area contributed by atoms with Crippen LogP contribution in [0.15, 0.2) is 0 Å². The minimum absolute atomic E-state index is 0.361. The van der Waals surface area contributed by atoms with E-state index < -0.39 is 0 Å². The van der Waals surface area contributed by atoms with Gasteiger partial charge < -0.3 is 10.6 Å². The van der Waals surface area contributed by atoms with E-state index in [-0.39, 0.29) is 0 Å². The Morgan fingerprint density at radius 3 is 0.492 bits per heavy atom. The standard InChI is InChI=1S/5C12H25N/c3*1-11(2,3)10-7-8-13(9-10)12(4,5)6;2*1-11(2,3)9-7-8-10(13-9)12(4,5)6/h3*10H,7-9H2,1-6H3;2*9-10,13H,7-8H2,1-6H3. The Labute approximate surface area is 412 Å². The Balaban J connectivity index is 0.000000406. The molecule has 5 heterocycles. The lowest BCUT2D eigenvalue weighted by Gasteiger charge is -2.33. The maximum absolute atomic E-state index is 3.77. The van der Waals surface area contributed by atoms with Crippen LogP contribution in [0.4, 0.5) is 0 Å². The van der Waals surface area contributed by atoms with Crippen molar-refractivity contribution in [2.45, 2.75) is 293 Å². The summed E-state index contributed by atoms with van der Waals surface area (Å²) < 4.78 is 0. The molecular formula is C60H125N5. The molecule has 0 amide bonds. The molecule has 7 unspecified atom stereocenters. The molecule has 0 aromatic heterocycles. The van der Waals surface area contributed by atoms with E-state index in [9.17, 15) is 0 Å². The first-order valence-electron chi connectivity index (χ1n) is 27.3. The maximum atomic E-state index is 3.77. The summed E-state index contributed by atoms with van der Waals surface area (Å²) in [5.41, 5.74) is 4.21. The van der Waals surface area contributed by atoms with Gasteiger partial charge in [0.2, 0.25) is 0 Å². The third-order valence-electron chi connectivity index (χ3n) is 16.6. The fourth-order valence-electron chi connectivity index (χ4n) is 10.4. The highest BCUT2D eigenvalue weighted by atomic mass is 15.2. The van der Waals surface area contributed by atoms with Crippen molar-refractivity contribution in [1.82, 2.24) is 25.3 Å². The molecule has 0 aromatic rings. The number of nitrogens with zero attached hydrogens (tertiary/aromatic N) is 3. The summed E-state index contributed by atoms with van der Waals surface area (Å²) in [6, 6.07) is 2.82. The zero-order chi connectivity index (χ0) is 51.4. The average molecular weight is 917 g/mol. The fraction of sp³-hybridized carbons (Fsp3) is 1.00.